The zero-order valence-corrected chi connectivity index (χ0v) is 11.5. The molecule has 0 heterocycles. The van der Waals surface area contributed by atoms with Gasteiger partial charge in [-0.1, -0.05) is 32.4 Å². The number of hydrogen-bond acceptors (Lipinski definition) is 2. The van der Waals surface area contributed by atoms with E-state index < -0.39 is 0 Å². The third-order valence-corrected chi connectivity index (χ3v) is 4.03. The van der Waals surface area contributed by atoms with Gasteiger partial charge in [0.1, 0.15) is 5.82 Å². The average Bonchev–Trinajstić information content (AvgIpc) is 2.31. The van der Waals surface area contributed by atoms with Crippen molar-refractivity contribution >= 4 is 11.8 Å². The lowest BCUT2D eigenvalue weighted by molar-refractivity contribution is 0.336. The average molecular weight is 255 g/mol. The van der Waals surface area contributed by atoms with Gasteiger partial charge in [-0.15, -0.1) is 11.8 Å². The van der Waals surface area contributed by atoms with Gasteiger partial charge in [0, 0.05) is 4.90 Å². The van der Waals surface area contributed by atoms with Crippen LogP contribution in [0.4, 0.5) is 4.39 Å². The van der Waals surface area contributed by atoms with E-state index in [0.29, 0.717) is 0 Å². The number of hydrogen-bond donors (Lipinski definition) is 1. The first kappa shape index (κ1) is 14.5. The van der Waals surface area contributed by atoms with Crippen LogP contribution in [-0.2, 0) is 0 Å². The molecule has 1 rings (SSSR count). The molecule has 0 aliphatic carbocycles. The first-order chi connectivity index (χ1) is 8.05. The van der Waals surface area contributed by atoms with E-state index in [1.54, 1.807) is 17.8 Å². The summed E-state index contributed by atoms with van der Waals surface area (Å²) in [6.07, 6.45) is 3.41. The van der Waals surface area contributed by atoms with Gasteiger partial charge in [0.15, 0.2) is 0 Å². The minimum absolute atomic E-state index is 0.111. The summed E-state index contributed by atoms with van der Waals surface area (Å²) in [6.45, 7) is 5.11. The van der Waals surface area contributed by atoms with Crippen LogP contribution in [-0.4, -0.2) is 12.3 Å². The molecular weight excluding hydrogens is 233 g/mol. The molecule has 0 aromatic heterocycles. The fraction of sp³-hybridized carbons (Fsp3) is 0.571. The Bertz CT molecular complexity index is 339. The smallest absolute Gasteiger partial charge is 0.136 e. The summed E-state index contributed by atoms with van der Waals surface area (Å²) in [7, 11) is 0. The summed E-state index contributed by atoms with van der Waals surface area (Å²) < 4.78 is 13.3. The van der Waals surface area contributed by atoms with Crippen molar-refractivity contribution in [3.8, 4) is 0 Å². The van der Waals surface area contributed by atoms with Gasteiger partial charge >= 0.3 is 0 Å². The highest BCUT2D eigenvalue weighted by Gasteiger charge is 2.14. The molecule has 0 fully saturated rings. The maximum absolute atomic E-state index is 13.3. The van der Waals surface area contributed by atoms with Gasteiger partial charge < -0.3 is 5.73 Å². The maximum atomic E-state index is 13.3. The lowest BCUT2D eigenvalue weighted by Gasteiger charge is -2.21. The third kappa shape index (κ3) is 5.55. The van der Waals surface area contributed by atoms with Crippen LogP contribution in [0, 0.1) is 11.2 Å². The van der Waals surface area contributed by atoms with E-state index >= 15 is 0 Å². The van der Waals surface area contributed by atoms with Gasteiger partial charge in [0.05, 0.1) is 0 Å². The lowest BCUT2D eigenvalue weighted by Crippen LogP contribution is -2.23. The van der Waals surface area contributed by atoms with Crippen LogP contribution < -0.4 is 5.73 Å². The van der Waals surface area contributed by atoms with Crippen LogP contribution in [0.1, 0.15) is 33.1 Å². The normalized spacial score (nSPS) is 11.8. The predicted octanol–water partition coefficient (Wildman–Crippen LogP) is 4.07. The molecule has 0 saturated heterocycles. The largest absolute Gasteiger partial charge is 0.330 e. The summed E-state index contributed by atoms with van der Waals surface area (Å²) in [5.41, 5.74) is 5.92. The van der Waals surface area contributed by atoms with Crippen LogP contribution >= 0.6 is 11.8 Å². The van der Waals surface area contributed by atoms with Crippen molar-refractivity contribution in [3.05, 3.63) is 30.1 Å². The van der Waals surface area contributed by atoms with Crippen molar-refractivity contribution in [2.24, 2.45) is 11.1 Å². The standard InChI is InChI=1S/C14H22FNS/c1-14(2,11-16)9-5-6-10-17-13-8-4-3-7-12(13)15/h3-4,7-8H,5-6,9-11,16H2,1-2H3. The Hall–Kier alpha value is -0.540. The zero-order chi connectivity index (χ0) is 12.7. The van der Waals surface area contributed by atoms with E-state index in [4.69, 9.17) is 5.73 Å². The predicted molar refractivity (Wildman–Crippen MR) is 73.8 cm³/mol. The first-order valence-electron chi connectivity index (χ1n) is 6.12. The molecule has 1 aromatic carbocycles. The van der Waals surface area contributed by atoms with Crippen LogP contribution in [0.15, 0.2) is 29.2 Å². The van der Waals surface area contributed by atoms with Gasteiger partial charge in [-0.25, -0.2) is 4.39 Å². The molecule has 0 radical (unpaired) electrons. The highest BCUT2D eigenvalue weighted by molar-refractivity contribution is 7.99. The van der Waals surface area contributed by atoms with E-state index in [1.165, 1.54) is 6.07 Å². The molecule has 17 heavy (non-hydrogen) atoms. The Morgan fingerprint density at radius 2 is 1.94 bits per heavy atom. The van der Waals surface area contributed by atoms with Crippen molar-refractivity contribution in [2.45, 2.75) is 38.0 Å². The molecule has 1 nitrogen and oxygen atoms in total. The summed E-state index contributed by atoms with van der Waals surface area (Å²) in [5.74, 6) is 0.862. The number of nitrogens with two attached hydrogens (primary N) is 1. The Labute approximate surface area is 108 Å². The molecule has 0 spiro atoms. The second-order valence-corrected chi connectivity index (χ2v) is 6.24. The van der Waals surface area contributed by atoms with Crippen molar-refractivity contribution in [2.75, 3.05) is 12.3 Å². The van der Waals surface area contributed by atoms with Crippen LogP contribution in [0.2, 0.25) is 0 Å². The molecule has 0 aliphatic rings. The monoisotopic (exact) mass is 255 g/mol. The maximum Gasteiger partial charge on any atom is 0.136 e. The van der Waals surface area contributed by atoms with Gasteiger partial charge in [-0.3, -0.25) is 0 Å². The Balaban J connectivity index is 2.19. The first-order valence-corrected chi connectivity index (χ1v) is 7.11. The van der Waals surface area contributed by atoms with E-state index in [2.05, 4.69) is 13.8 Å². The molecule has 0 bridgehead atoms. The quantitative estimate of drug-likeness (QED) is 0.587. The highest BCUT2D eigenvalue weighted by Crippen LogP contribution is 2.25. The number of unbranched alkanes of at least 4 members (excludes halogenated alkanes) is 1. The van der Waals surface area contributed by atoms with Gasteiger partial charge in [0.25, 0.3) is 0 Å². The molecule has 0 amide bonds. The van der Waals surface area contributed by atoms with Crippen LogP contribution in [0.25, 0.3) is 0 Å². The molecule has 96 valence electrons. The second-order valence-electron chi connectivity index (χ2n) is 5.10. The van der Waals surface area contributed by atoms with Gasteiger partial charge in [0.2, 0.25) is 0 Å². The third-order valence-electron chi connectivity index (χ3n) is 2.89. The summed E-state index contributed by atoms with van der Waals surface area (Å²) >= 11 is 1.60. The zero-order valence-electron chi connectivity index (χ0n) is 10.7. The van der Waals surface area contributed by atoms with Crippen molar-refractivity contribution in [1.82, 2.24) is 0 Å². The molecule has 0 unspecified atom stereocenters. The van der Waals surface area contributed by atoms with Crippen LogP contribution in [0.3, 0.4) is 0 Å². The minimum atomic E-state index is -0.111. The summed E-state index contributed by atoms with van der Waals surface area (Å²) in [4.78, 5) is 0.755. The number of benzene rings is 1. The Morgan fingerprint density at radius 1 is 1.24 bits per heavy atom. The van der Waals surface area contributed by atoms with E-state index in [0.717, 1.165) is 36.5 Å². The van der Waals surface area contributed by atoms with E-state index in [1.807, 2.05) is 12.1 Å². The molecule has 2 N–H and O–H groups in total. The molecule has 3 heteroatoms. The highest BCUT2D eigenvalue weighted by atomic mass is 32.2. The number of rotatable bonds is 7. The molecular formula is C14H22FNS. The number of halogens is 1. The molecule has 1 aromatic rings. The fourth-order valence-electron chi connectivity index (χ4n) is 1.55. The topological polar surface area (TPSA) is 26.0 Å². The van der Waals surface area contributed by atoms with Crippen molar-refractivity contribution in [1.29, 1.82) is 0 Å². The Kier molecular flexibility index (Phi) is 6.00. The van der Waals surface area contributed by atoms with Crippen molar-refractivity contribution in [3.63, 3.8) is 0 Å². The number of thioether (sulfide) groups is 1. The molecule has 0 saturated carbocycles. The minimum Gasteiger partial charge on any atom is -0.330 e. The van der Waals surface area contributed by atoms with Crippen LogP contribution in [0.5, 0.6) is 0 Å². The Morgan fingerprint density at radius 3 is 2.59 bits per heavy atom. The fourth-order valence-corrected chi connectivity index (χ4v) is 2.50. The van der Waals surface area contributed by atoms with Gasteiger partial charge in [-0.2, -0.15) is 0 Å². The summed E-state index contributed by atoms with van der Waals surface area (Å²) in [6, 6.07) is 6.95. The van der Waals surface area contributed by atoms with Gasteiger partial charge in [-0.05, 0) is 42.7 Å². The van der Waals surface area contributed by atoms with E-state index in [9.17, 15) is 4.39 Å². The second kappa shape index (κ2) is 7.02. The summed E-state index contributed by atoms with van der Waals surface area (Å²) in [5, 5.41) is 0. The molecule has 0 aliphatic heterocycles. The lowest BCUT2D eigenvalue weighted by atomic mass is 9.88. The van der Waals surface area contributed by atoms with E-state index in [-0.39, 0.29) is 11.2 Å². The van der Waals surface area contributed by atoms with Crippen molar-refractivity contribution < 1.29 is 4.39 Å². The molecule has 0 atom stereocenters. The SMILES string of the molecule is CC(C)(CN)CCCCSc1ccccc1F.